The number of rotatable bonds is 3. The molecule has 6 nitrogen and oxygen atoms in total. The minimum absolute atomic E-state index is 0.192. The van der Waals surface area contributed by atoms with Gasteiger partial charge >= 0.3 is 6.03 Å². The summed E-state index contributed by atoms with van der Waals surface area (Å²) in [4.78, 5) is 38.3. The van der Waals surface area contributed by atoms with Crippen LogP contribution in [0.2, 0.25) is 5.02 Å². The minimum Gasteiger partial charge on any atom is -0.457 e. The fraction of sp³-hybridized carbons (Fsp3) is 0.0455. The van der Waals surface area contributed by atoms with E-state index in [0.717, 1.165) is 16.0 Å². The van der Waals surface area contributed by atoms with Crippen molar-refractivity contribution in [1.29, 1.82) is 0 Å². The van der Waals surface area contributed by atoms with Gasteiger partial charge in [-0.05, 0) is 61.5 Å². The van der Waals surface area contributed by atoms with Crippen molar-refractivity contribution in [2.45, 2.75) is 6.92 Å². The molecule has 0 radical (unpaired) electrons. The van der Waals surface area contributed by atoms with Crippen LogP contribution in [0, 0.1) is 6.92 Å². The molecule has 1 aliphatic heterocycles. The SMILES string of the molecule is Cc1ccc(N2C(=O)NC(=O)/C(=C/c3ccc(-c4ccc(Cl)cc4)o3)C2=O)cc1. The van der Waals surface area contributed by atoms with Crippen molar-refractivity contribution in [2.75, 3.05) is 4.90 Å². The summed E-state index contributed by atoms with van der Waals surface area (Å²) in [6.07, 6.45) is 1.32. The van der Waals surface area contributed by atoms with Crippen LogP contribution in [-0.2, 0) is 9.59 Å². The van der Waals surface area contributed by atoms with E-state index in [9.17, 15) is 14.4 Å². The zero-order valence-electron chi connectivity index (χ0n) is 15.3. The first-order chi connectivity index (χ1) is 13.9. The number of imide groups is 2. The van der Waals surface area contributed by atoms with Gasteiger partial charge in [0.25, 0.3) is 11.8 Å². The summed E-state index contributed by atoms with van der Waals surface area (Å²) in [6.45, 7) is 1.89. The molecule has 0 atom stereocenters. The van der Waals surface area contributed by atoms with Gasteiger partial charge in [-0.1, -0.05) is 29.3 Å². The molecule has 1 aromatic heterocycles. The predicted octanol–water partition coefficient (Wildman–Crippen LogP) is 4.57. The van der Waals surface area contributed by atoms with Crippen molar-refractivity contribution >= 4 is 41.2 Å². The van der Waals surface area contributed by atoms with Crippen molar-refractivity contribution in [3.05, 3.63) is 82.6 Å². The van der Waals surface area contributed by atoms with Gasteiger partial charge in [0.05, 0.1) is 5.69 Å². The summed E-state index contributed by atoms with van der Waals surface area (Å²) in [6, 6.07) is 16.5. The maximum atomic E-state index is 12.9. The smallest absolute Gasteiger partial charge is 0.335 e. The third kappa shape index (κ3) is 3.70. The summed E-state index contributed by atoms with van der Waals surface area (Å²) in [5.74, 6) is -0.616. The molecule has 29 heavy (non-hydrogen) atoms. The number of urea groups is 1. The van der Waals surface area contributed by atoms with E-state index in [-0.39, 0.29) is 5.57 Å². The highest BCUT2D eigenvalue weighted by Crippen LogP contribution is 2.26. The molecule has 144 valence electrons. The van der Waals surface area contributed by atoms with E-state index < -0.39 is 17.8 Å². The number of anilines is 1. The van der Waals surface area contributed by atoms with Crippen LogP contribution in [0.4, 0.5) is 10.5 Å². The van der Waals surface area contributed by atoms with Gasteiger partial charge in [0.15, 0.2) is 0 Å². The van der Waals surface area contributed by atoms with Gasteiger partial charge < -0.3 is 4.42 Å². The molecule has 1 N–H and O–H groups in total. The largest absolute Gasteiger partial charge is 0.457 e. The molecular weight excluding hydrogens is 392 g/mol. The van der Waals surface area contributed by atoms with Gasteiger partial charge in [-0.15, -0.1) is 0 Å². The lowest BCUT2D eigenvalue weighted by Gasteiger charge is -2.26. The molecule has 3 aromatic rings. The Labute approximate surface area is 171 Å². The monoisotopic (exact) mass is 406 g/mol. The lowest BCUT2D eigenvalue weighted by molar-refractivity contribution is -0.122. The molecule has 4 rings (SSSR count). The second kappa shape index (κ2) is 7.41. The molecule has 1 fully saturated rings. The van der Waals surface area contributed by atoms with Crippen molar-refractivity contribution in [3.63, 3.8) is 0 Å². The van der Waals surface area contributed by atoms with Crippen LogP contribution in [0.25, 0.3) is 17.4 Å². The number of furan rings is 1. The van der Waals surface area contributed by atoms with E-state index in [1.54, 1.807) is 60.7 Å². The third-order valence-electron chi connectivity index (χ3n) is 4.44. The number of aryl methyl sites for hydroxylation is 1. The molecule has 4 amide bonds. The van der Waals surface area contributed by atoms with E-state index in [0.29, 0.717) is 22.2 Å². The molecule has 1 aliphatic rings. The van der Waals surface area contributed by atoms with Crippen molar-refractivity contribution < 1.29 is 18.8 Å². The molecule has 7 heteroatoms. The van der Waals surface area contributed by atoms with Crippen LogP contribution in [0.1, 0.15) is 11.3 Å². The van der Waals surface area contributed by atoms with Crippen molar-refractivity contribution in [3.8, 4) is 11.3 Å². The Morgan fingerprint density at radius 2 is 1.62 bits per heavy atom. The fourth-order valence-corrected chi connectivity index (χ4v) is 3.05. The third-order valence-corrected chi connectivity index (χ3v) is 4.69. The average Bonchev–Trinajstić information content (AvgIpc) is 3.16. The second-order valence-electron chi connectivity index (χ2n) is 6.50. The van der Waals surface area contributed by atoms with Crippen LogP contribution >= 0.6 is 11.6 Å². The zero-order chi connectivity index (χ0) is 20.5. The number of nitrogens with zero attached hydrogens (tertiary/aromatic N) is 1. The Hall–Kier alpha value is -3.64. The number of hydrogen-bond donors (Lipinski definition) is 1. The molecular formula is C22H15ClN2O4. The highest BCUT2D eigenvalue weighted by molar-refractivity contribution is 6.39. The number of benzene rings is 2. The molecule has 0 unspecified atom stereocenters. The first kappa shape index (κ1) is 18.7. The number of amides is 4. The van der Waals surface area contributed by atoms with Gasteiger partial charge in [0.1, 0.15) is 17.1 Å². The number of halogens is 1. The molecule has 0 spiro atoms. The number of carbonyl (C=O) groups excluding carboxylic acids is 3. The van der Waals surface area contributed by atoms with E-state index in [2.05, 4.69) is 5.32 Å². The summed E-state index contributed by atoms with van der Waals surface area (Å²) < 4.78 is 5.74. The zero-order valence-corrected chi connectivity index (χ0v) is 16.1. The topological polar surface area (TPSA) is 79.6 Å². The second-order valence-corrected chi connectivity index (χ2v) is 6.94. The molecule has 2 aromatic carbocycles. The quantitative estimate of drug-likeness (QED) is 0.510. The lowest BCUT2D eigenvalue weighted by atomic mass is 10.1. The molecule has 0 aliphatic carbocycles. The van der Waals surface area contributed by atoms with Crippen LogP contribution < -0.4 is 10.2 Å². The Kier molecular flexibility index (Phi) is 4.78. The molecule has 1 saturated heterocycles. The van der Waals surface area contributed by atoms with Gasteiger partial charge in [-0.3, -0.25) is 14.9 Å². The Morgan fingerprint density at radius 1 is 0.931 bits per heavy atom. The van der Waals surface area contributed by atoms with Crippen LogP contribution in [0.15, 0.2) is 70.7 Å². The Morgan fingerprint density at radius 3 is 2.31 bits per heavy atom. The molecule has 0 bridgehead atoms. The van der Waals surface area contributed by atoms with Gasteiger partial charge in [0.2, 0.25) is 0 Å². The number of carbonyl (C=O) groups is 3. The molecule has 2 heterocycles. The first-order valence-electron chi connectivity index (χ1n) is 8.76. The summed E-state index contributed by atoms with van der Waals surface area (Å²) in [5, 5.41) is 2.80. The van der Waals surface area contributed by atoms with E-state index in [1.807, 2.05) is 6.92 Å². The average molecular weight is 407 g/mol. The number of hydrogen-bond acceptors (Lipinski definition) is 4. The fourth-order valence-electron chi connectivity index (χ4n) is 2.93. The van der Waals surface area contributed by atoms with Gasteiger partial charge in [-0.25, -0.2) is 9.69 Å². The lowest BCUT2D eigenvalue weighted by Crippen LogP contribution is -2.54. The standard InChI is InChI=1S/C22H15ClN2O4/c1-13-2-8-16(9-3-13)25-21(27)18(20(26)24-22(25)28)12-17-10-11-19(29-17)14-4-6-15(23)7-5-14/h2-12H,1H3,(H,24,26,28)/b18-12-. The minimum atomic E-state index is -0.790. The number of barbiturate groups is 1. The number of nitrogens with one attached hydrogen (secondary N) is 1. The summed E-state index contributed by atoms with van der Waals surface area (Å²) in [5.41, 5.74) is 1.96. The highest BCUT2D eigenvalue weighted by Gasteiger charge is 2.37. The van der Waals surface area contributed by atoms with Crippen LogP contribution in [0.3, 0.4) is 0 Å². The Bertz CT molecular complexity index is 1140. The molecule has 0 saturated carbocycles. The summed E-state index contributed by atoms with van der Waals surface area (Å²) >= 11 is 5.90. The summed E-state index contributed by atoms with van der Waals surface area (Å²) in [7, 11) is 0. The predicted molar refractivity (Wildman–Crippen MR) is 109 cm³/mol. The van der Waals surface area contributed by atoms with E-state index in [1.165, 1.54) is 6.08 Å². The van der Waals surface area contributed by atoms with E-state index >= 15 is 0 Å². The normalized spacial score (nSPS) is 15.7. The van der Waals surface area contributed by atoms with Crippen molar-refractivity contribution in [2.24, 2.45) is 0 Å². The Balaban J connectivity index is 1.66. The van der Waals surface area contributed by atoms with E-state index in [4.69, 9.17) is 16.0 Å². The van der Waals surface area contributed by atoms with Crippen LogP contribution in [-0.4, -0.2) is 17.8 Å². The maximum Gasteiger partial charge on any atom is 0.335 e. The highest BCUT2D eigenvalue weighted by atomic mass is 35.5. The van der Waals surface area contributed by atoms with Gasteiger partial charge in [-0.2, -0.15) is 0 Å². The van der Waals surface area contributed by atoms with Crippen molar-refractivity contribution in [1.82, 2.24) is 5.32 Å². The van der Waals surface area contributed by atoms with Gasteiger partial charge in [0, 0.05) is 10.6 Å². The maximum absolute atomic E-state index is 12.9. The van der Waals surface area contributed by atoms with Crippen LogP contribution in [0.5, 0.6) is 0 Å². The first-order valence-corrected chi connectivity index (χ1v) is 9.14.